The van der Waals surface area contributed by atoms with E-state index in [9.17, 15) is 17.6 Å². The minimum atomic E-state index is -3.00. The van der Waals surface area contributed by atoms with Gasteiger partial charge in [0.1, 0.15) is 15.4 Å². The third-order valence-corrected chi connectivity index (χ3v) is 6.41. The number of benzene rings is 2. The van der Waals surface area contributed by atoms with Crippen LogP contribution < -0.4 is 5.32 Å². The van der Waals surface area contributed by atoms with E-state index in [-0.39, 0.29) is 28.9 Å². The average Bonchev–Trinajstić information content (AvgIpc) is 3.08. The number of hydrogen-bond acceptors (Lipinski definition) is 5. The van der Waals surface area contributed by atoms with Crippen LogP contribution in [0.2, 0.25) is 0 Å². The van der Waals surface area contributed by atoms with Crippen LogP contribution in [-0.2, 0) is 14.6 Å². The van der Waals surface area contributed by atoms with Gasteiger partial charge in [0.05, 0.1) is 11.5 Å². The van der Waals surface area contributed by atoms with E-state index in [1.54, 1.807) is 36.4 Å². The van der Waals surface area contributed by atoms with Gasteiger partial charge < -0.3 is 9.73 Å². The number of fused-ring (bicyclic) bond motifs is 1. The monoisotopic (exact) mass is 388 g/mol. The molecule has 1 amide bonds. The molecular formula is C19H17FN2O4S. The van der Waals surface area contributed by atoms with Crippen LogP contribution in [0, 0.1) is 11.7 Å². The Morgan fingerprint density at radius 3 is 2.48 bits per heavy atom. The Labute approximate surface area is 155 Å². The number of nitrogens with one attached hydrogen (secondary N) is 1. The Balaban J connectivity index is 1.47. The number of anilines is 1. The second-order valence-corrected chi connectivity index (χ2v) is 8.90. The van der Waals surface area contributed by atoms with Gasteiger partial charge in [-0.3, -0.25) is 4.79 Å². The first-order valence-corrected chi connectivity index (χ1v) is 10.4. The largest absolute Gasteiger partial charge is 0.433 e. The number of nitrogens with zero attached hydrogens (tertiary/aromatic N) is 1. The van der Waals surface area contributed by atoms with E-state index in [2.05, 4.69) is 10.3 Å². The first-order valence-electron chi connectivity index (χ1n) is 8.58. The fourth-order valence-corrected chi connectivity index (χ4v) is 4.62. The number of hydrogen-bond donors (Lipinski definition) is 1. The van der Waals surface area contributed by atoms with Gasteiger partial charge in [-0.15, -0.1) is 0 Å². The molecule has 4 rings (SSSR count). The molecule has 1 fully saturated rings. The second kappa shape index (κ2) is 6.77. The van der Waals surface area contributed by atoms with E-state index < -0.39 is 15.7 Å². The highest BCUT2D eigenvalue weighted by Crippen LogP contribution is 2.27. The van der Waals surface area contributed by atoms with Crippen molar-refractivity contribution in [2.75, 3.05) is 16.8 Å². The lowest BCUT2D eigenvalue weighted by atomic mass is 10.0. The van der Waals surface area contributed by atoms with Crippen LogP contribution in [0.1, 0.15) is 12.8 Å². The quantitative estimate of drug-likeness (QED) is 0.743. The summed E-state index contributed by atoms with van der Waals surface area (Å²) in [5, 5.41) is 2.81. The van der Waals surface area contributed by atoms with Gasteiger partial charge in [0.25, 0.3) is 0 Å². The summed E-state index contributed by atoms with van der Waals surface area (Å²) in [4.78, 5) is 16.6. The number of oxazole rings is 1. The van der Waals surface area contributed by atoms with Crippen molar-refractivity contribution in [3.05, 3.63) is 48.3 Å². The smallest absolute Gasteiger partial charge is 0.227 e. The Kier molecular flexibility index (Phi) is 4.43. The van der Waals surface area contributed by atoms with Crippen LogP contribution in [-0.4, -0.2) is 30.8 Å². The molecule has 0 bridgehead atoms. The van der Waals surface area contributed by atoms with E-state index in [0.717, 1.165) is 0 Å². The molecule has 2 aromatic carbocycles. The van der Waals surface area contributed by atoms with Gasteiger partial charge in [-0.1, -0.05) is 6.07 Å². The minimum Gasteiger partial charge on any atom is -0.433 e. The third-order valence-electron chi connectivity index (χ3n) is 4.69. The number of rotatable bonds is 3. The molecular weight excluding hydrogens is 371 g/mol. The Hall–Kier alpha value is -2.74. The van der Waals surface area contributed by atoms with Gasteiger partial charge >= 0.3 is 0 Å². The Bertz CT molecular complexity index is 1090. The molecule has 1 N–H and O–H groups in total. The van der Waals surface area contributed by atoms with Gasteiger partial charge in [0.2, 0.25) is 11.8 Å². The van der Waals surface area contributed by atoms with Gasteiger partial charge in [0.15, 0.2) is 11.4 Å². The number of aromatic nitrogens is 1. The number of halogens is 1. The number of para-hydroxylation sites is 1. The molecule has 1 saturated heterocycles. The Morgan fingerprint density at radius 1 is 1.11 bits per heavy atom. The van der Waals surface area contributed by atoms with Crippen LogP contribution in [0.25, 0.3) is 22.6 Å². The van der Waals surface area contributed by atoms with Gasteiger partial charge in [0, 0.05) is 17.2 Å². The van der Waals surface area contributed by atoms with Crippen molar-refractivity contribution in [2.24, 2.45) is 5.92 Å². The fraction of sp³-hybridized carbons (Fsp3) is 0.263. The topological polar surface area (TPSA) is 89.3 Å². The van der Waals surface area contributed by atoms with Gasteiger partial charge in [-0.25, -0.2) is 17.8 Å². The number of carbonyl (C=O) groups excluding carboxylic acids is 1. The first-order chi connectivity index (χ1) is 12.9. The highest BCUT2D eigenvalue weighted by atomic mass is 32.2. The molecule has 0 unspecified atom stereocenters. The van der Waals surface area contributed by atoms with Crippen molar-refractivity contribution >= 4 is 32.5 Å². The number of amides is 1. The molecule has 0 saturated carbocycles. The summed E-state index contributed by atoms with van der Waals surface area (Å²) in [6.45, 7) is 0. The Morgan fingerprint density at radius 2 is 1.81 bits per heavy atom. The van der Waals surface area contributed by atoms with E-state index in [1.165, 1.54) is 6.07 Å². The number of sulfone groups is 1. The summed E-state index contributed by atoms with van der Waals surface area (Å²) in [6.07, 6.45) is 0.696. The highest BCUT2D eigenvalue weighted by Gasteiger charge is 2.28. The van der Waals surface area contributed by atoms with Crippen LogP contribution >= 0.6 is 0 Å². The molecule has 0 atom stereocenters. The molecule has 140 valence electrons. The van der Waals surface area contributed by atoms with Crippen LogP contribution in [0.5, 0.6) is 0 Å². The maximum absolute atomic E-state index is 13.7. The second-order valence-electron chi connectivity index (χ2n) is 6.60. The van der Waals surface area contributed by atoms with Gasteiger partial charge in [-0.2, -0.15) is 0 Å². The zero-order valence-electron chi connectivity index (χ0n) is 14.3. The molecule has 1 aliphatic heterocycles. The first kappa shape index (κ1) is 17.7. The van der Waals surface area contributed by atoms with Crippen molar-refractivity contribution in [1.29, 1.82) is 0 Å². The van der Waals surface area contributed by atoms with Crippen molar-refractivity contribution in [2.45, 2.75) is 12.8 Å². The third kappa shape index (κ3) is 3.71. The van der Waals surface area contributed by atoms with E-state index >= 15 is 0 Å². The summed E-state index contributed by atoms with van der Waals surface area (Å²) < 4.78 is 42.1. The predicted molar refractivity (Wildman–Crippen MR) is 99.4 cm³/mol. The maximum atomic E-state index is 13.7. The van der Waals surface area contributed by atoms with E-state index in [4.69, 9.17) is 4.42 Å². The van der Waals surface area contributed by atoms with Crippen molar-refractivity contribution < 1.29 is 22.0 Å². The fourth-order valence-electron chi connectivity index (χ4n) is 3.13. The summed E-state index contributed by atoms with van der Waals surface area (Å²) in [5.41, 5.74) is 1.80. The van der Waals surface area contributed by atoms with Crippen LogP contribution in [0.15, 0.2) is 46.9 Å². The zero-order chi connectivity index (χ0) is 19.0. The molecule has 2 heterocycles. The maximum Gasteiger partial charge on any atom is 0.227 e. The van der Waals surface area contributed by atoms with Crippen molar-refractivity contribution in [1.82, 2.24) is 4.98 Å². The SMILES string of the molecule is O=C(Nc1ccc(-c2nc3cccc(F)c3o2)cc1)C1CCS(=O)(=O)CC1. The van der Waals surface area contributed by atoms with E-state index in [0.29, 0.717) is 35.5 Å². The molecule has 1 aromatic heterocycles. The lowest BCUT2D eigenvalue weighted by Gasteiger charge is -2.21. The molecule has 27 heavy (non-hydrogen) atoms. The molecule has 0 spiro atoms. The van der Waals surface area contributed by atoms with Crippen molar-refractivity contribution in [3.8, 4) is 11.5 Å². The molecule has 8 heteroatoms. The average molecular weight is 388 g/mol. The molecule has 0 radical (unpaired) electrons. The molecule has 3 aromatic rings. The standard InChI is InChI=1S/C19H17FN2O4S/c20-15-2-1-3-16-17(15)26-19(22-16)13-4-6-14(7-5-13)21-18(23)12-8-10-27(24,25)11-9-12/h1-7,12H,8-11H2,(H,21,23). The summed E-state index contributed by atoms with van der Waals surface area (Å²) in [6, 6.07) is 11.4. The van der Waals surface area contributed by atoms with Crippen LogP contribution in [0.3, 0.4) is 0 Å². The molecule has 1 aliphatic rings. The van der Waals surface area contributed by atoms with Crippen molar-refractivity contribution in [3.63, 3.8) is 0 Å². The zero-order valence-corrected chi connectivity index (χ0v) is 15.1. The normalized spacial score (nSPS) is 17.1. The number of carbonyl (C=O) groups is 1. The highest BCUT2D eigenvalue weighted by molar-refractivity contribution is 7.91. The van der Waals surface area contributed by atoms with Crippen LogP contribution in [0.4, 0.5) is 10.1 Å². The minimum absolute atomic E-state index is 0.0539. The lowest BCUT2D eigenvalue weighted by Crippen LogP contribution is -2.31. The lowest BCUT2D eigenvalue weighted by molar-refractivity contribution is -0.120. The van der Waals surface area contributed by atoms with E-state index in [1.807, 2.05) is 0 Å². The summed E-state index contributed by atoms with van der Waals surface area (Å²) in [5.74, 6) is -0.540. The summed E-state index contributed by atoms with van der Waals surface area (Å²) in [7, 11) is -3.00. The predicted octanol–water partition coefficient (Wildman–Crippen LogP) is 3.40. The van der Waals surface area contributed by atoms with Gasteiger partial charge in [-0.05, 0) is 49.2 Å². The molecule has 6 nitrogen and oxygen atoms in total. The molecule has 0 aliphatic carbocycles. The summed E-state index contributed by atoms with van der Waals surface area (Å²) >= 11 is 0.